The molecular weight excluding hydrogens is 414 g/mol. The van der Waals surface area contributed by atoms with Gasteiger partial charge in [-0.1, -0.05) is 42.8 Å². The number of halogens is 1. The van der Waals surface area contributed by atoms with E-state index >= 15 is 0 Å². The zero-order valence-corrected chi connectivity index (χ0v) is 17.9. The van der Waals surface area contributed by atoms with Crippen LogP contribution in [0.4, 0.5) is 0 Å². The zero-order valence-electron chi connectivity index (χ0n) is 17.1. The Morgan fingerprint density at radius 1 is 1.10 bits per heavy atom. The Morgan fingerprint density at radius 3 is 2.55 bits per heavy atom. The molecule has 1 atom stereocenters. The molecule has 5 rings (SSSR count). The fourth-order valence-corrected chi connectivity index (χ4v) is 4.32. The number of hydrogen-bond acceptors (Lipinski definition) is 4. The maximum absolute atomic E-state index is 13.6. The first-order valence-electron chi connectivity index (χ1n) is 10.2. The minimum absolute atomic E-state index is 0.0790. The van der Waals surface area contributed by atoms with Crippen LogP contribution in [0.15, 0.2) is 68.4 Å². The summed E-state index contributed by atoms with van der Waals surface area (Å²) >= 11 is 6.28. The molecule has 0 bridgehead atoms. The van der Waals surface area contributed by atoms with Crippen molar-refractivity contribution < 1.29 is 13.6 Å². The summed E-state index contributed by atoms with van der Waals surface area (Å²) in [6.07, 6.45) is 2.47. The van der Waals surface area contributed by atoms with Crippen LogP contribution >= 0.6 is 11.6 Å². The number of aryl methyl sites for hydroxylation is 2. The summed E-state index contributed by atoms with van der Waals surface area (Å²) in [6, 6.07) is 14.3. The SMILES string of the molecule is CCc1ccc(C2c3c(oc4cc(C)c(Cl)cc4c3=O)C(=O)N2Cc2ccco2)cc1. The average molecular weight is 434 g/mol. The molecule has 0 N–H and O–H groups in total. The number of amides is 1. The third-order valence-corrected chi connectivity index (χ3v) is 6.26. The lowest BCUT2D eigenvalue weighted by Crippen LogP contribution is -2.29. The van der Waals surface area contributed by atoms with Gasteiger partial charge in [0.05, 0.1) is 29.8 Å². The molecule has 1 aliphatic heterocycles. The van der Waals surface area contributed by atoms with Crippen LogP contribution in [0.25, 0.3) is 11.0 Å². The molecule has 31 heavy (non-hydrogen) atoms. The first kappa shape index (κ1) is 19.6. The van der Waals surface area contributed by atoms with Crippen molar-refractivity contribution in [1.29, 1.82) is 0 Å². The summed E-state index contributed by atoms with van der Waals surface area (Å²) in [6.45, 7) is 4.14. The summed E-state index contributed by atoms with van der Waals surface area (Å²) in [4.78, 5) is 28.6. The van der Waals surface area contributed by atoms with E-state index in [1.807, 2.05) is 37.3 Å². The van der Waals surface area contributed by atoms with E-state index in [-0.39, 0.29) is 23.6 Å². The van der Waals surface area contributed by atoms with Crippen LogP contribution in [-0.2, 0) is 13.0 Å². The van der Waals surface area contributed by atoms with E-state index in [9.17, 15) is 9.59 Å². The van der Waals surface area contributed by atoms with Crippen molar-refractivity contribution in [1.82, 2.24) is 4.90 Å². The normalized spacial score (nSPS) is 15.6. The Labute approximate surface area is 183 Å². The minimum Gasteiger partial charge on any atom is -0.467 e. The van der Waals surface area contributed by atoms with Gasteiger partial charge in [-0.25, -0.2) is 0 Å². The van der Waals surface area contributed by atoms with E-state index in [0.717, 1.165) is 17.5 Å². The van der Waals surface area contributed by atoms with Crippen molar-refractivity contribution >= 4 is 28.5 Å². The molecular formula is C25H20ClNO4. The summed E-state index contributed by atoms with van der Waals surface area (Å²) < 4.78 is 11.5. The largest absolute Gasteiger partial charge is 0.467 e. The number of rotatable bonds is 4. The summed E-state index contributed by atoms with van der Waals surface area (Å²) in [5, 5.41) is 0.859. The van der Waals surface area contributed by atoms with E-state index in [2.05, 4.69) is 6.92 Å². The predicted molar refractivity (Wildman–Crippen MR) is 118 cm³/mol. The van der Waals surface area contributed by atoms with E-state index < -0.39 is 6.04 Å². The van der Waals surface area contributed by atoms with E-state index in [0.29, 0.717) is 27.3 Å². The molecule has 0 saturated carbocycles. The van der Waals surface area contributed by atoms with E-state index in [1.165, 1.54) is 5.56 Å². The van der Waals surface area contributed by atoms with Crippen LogP contribution in [0, 0.1) is 6.92 Å². The maximum Gasteiger partial charge on any atom is 0.291 e. The minimum atomic E-state index is -0.570. The second-order valence-electron chi connectivity index (χ2n) is 7.78. The molecule has 6 heteroatoms. The van der Waals surface area contributed by atoms with Gasteiger partial charge < -0.3 is 13.7 Å². The Morgan fingerprint density at radius 2 is 1.87 bits per heavy atom. The highest BCUT2D eigenvalue weighted by molar-refractivity contribution is 6.32. The lowest BCUT2D eigenvalue weighted by molar-refractivity contribution is 0.0701. The van der Waals surface area contributed by atoms with Gasteiger partial charge in [0.25, 0.3) is 5.91 Å². The number of carbonyl (C=O) groups is 1. The summed E-state index contributed by atoms with van der Waals surface area (Å²) in [5.74, 6) is 0.380. The molecule has 5 nitrogen and oxygen atoms in total. The molecule has 1 unspecified atom stereocenters. The molecule has 156 valence electrons. The van der Waals surface area contributed by atoms with Crippen molar-refractivity contribution in [2.24, 2.45) is 0 Å². The first-order chi connectivity index (χ1) is 15.0. The van der Waals surface area contributed by atoms with Crippen LogP contribution in [0.1, 0.15) is 51.5 Å². The fraction of sp³-hybridized carbons (Fsp3) is 0.200. The van der Waals surface area contributed by atoms with Gasteiger partial charge in [0, 0.05) is 5.02 Å². The highest BCUT2D eigenvalue weighted by Gasteiger charge is 2.43. The van der Waals surface area contributed by atoms with Gasteiger partial charge in [0.15, 0.2) is 5.43 Å². The molecule has 2 aromatic heterocycles. The Kier molecular flexibility index (Phi) is 4.71. The second kappa shape index (κ2) is 7.43. The lowest BCUT2D eigenvalue weighted by Gasteiger charge is -2.24. The Bertz CT molecular complexity index is 1350. The zero-order chi connectivity index (χ0) is 21.7. The summed E-state index contributed by atoms with van der Waals surface area (Å²) in [7, 11) is 0. The molecule has 0 spiro atoms. The fourth-order valence-electron chi connectivity index (χ4n) is 4.16. The quantitative estimate of drug-likeness (QED) is 0.417. The summed E-state index contributed by atoms with van der Waals surface area (Å²) in [5.41, 5.74) is 3.27. The van der Waals surface area contributed by atoms with Crippen molar-refractivity contribution in [3.8, 4) is 0 Å². The Balaban J connectivity index is 1.74. The molecule has 0 fully saturated rings. The van der Waals surface area contributed by atoms with Crippen molar-refractivity contribution in [3.63, 3.8) is 0 Å². The number of hydrogen-bond donors (Lipinski definition) is 0. The number of furan rings is 1. The lowest BCUT2D eigenvalue weighted by atomic mass is 9.97. The topological polar surface area (TPSA) is 63.7 Å². The van der Waals surface area contributed by atoms with Crippen LogP contribution in [-0.4, -0.2) is 10.8 Å². The molecule has 3 heterocycles. The second-order valence-corrected chi connectivity index (χ2v) is 8.19. The van der Waals surface area contributed by atoms with Gasteiger partial charge in [-0.15, -0.1) is 0 Å². The highest BCUT2D eigenvalue weighted by atomic mass is 35.5. The number of fused-ring (bicyclic) bond motifs is 2. The standard InChI is InChI=1S/C25H20ClNO4/c1-3-15-6-8-16(9-7-15)22-21-23(28)18-12-19(26)14(2)11-20(18)31-24(21)25(29)27(22)13-17-5-4-10-30-17/h4-12,22H,3,13H2,1-2H3. The first-order valence-corrected chi connectivity index (χ1v) is 10.5. The number of nitrogens with zero attached hydrogens (tertiary/aromatic N) is 1. The van der Waals surface area contributed by atoms with Gasteiger partial charge in [-0.3, -0.25) is 9.59 Å². The molecule has 0 radical (unpaired) electrons. The average Bonchev–Trinajstić information content (AvgIpc) is 3.38. The maximum atomic E-state index is 13.6. The Hall–Kier alpha value is -3.31. The van der Waals surface area contributed by atoms with Crippen molar-refractivity contribution in [3.05, 3.63) is 104 Å². The molecule has 1 amide bonds. The number of benzene rings is 2. The third kappa shape index (κ3) is 3.17. The van der Waals surface area contributed by atoms with Gasteiger partial charge in [0.1, 0.15) is 11.3 Å². The molecule has 0 saturated heterocycles. The van der Waals surface area contributed by atoms with Crippen LogP contribution in [0.5, 0.6) is 0 Å². The highest BCUT2D eigenvalue weighted by Crippen LogP contribution is 2.39. The molecule has 1 aliphatic rings. The third-order valence-electron chi connectivity index (χ3n) is 5.86. The van der Waals surface area contributed by atoms with Crippen molar-refractivity contribution in [2.75, 3.05) is 0 Å². The van der Waals surface area contributed by atoms with Crippen LogP contribution in [0.2, 0.25) is 5.02 Å². The number of carbonyl (C=O) groups excluding carboxylic acids is 1. The van der Waals surface area contributed by atoms with Gasteiger partial charge in [0.2, 0.25) is 5.76 Å². The van der Waals surface area contributed by atoms with Crippen LogP contribution < -0.4 is 5.43 Å². The van der Waals surface area contributed by atoms with Gasteiger partial charge in [-0.05, 0) is 54.3 Å². The van der Waals surface area contributed by atoms with Gasteiger partial charge >= 0.3 is 0 Å². The van der Waals surface area contributed by atoms with E-state index in [1.54, 1.807) is 29.4 Å². The van der Waals surface area contributed by atoms with E-state index in [4.69, 9.17) is 20.4 Å². The molecule has 2 aromatic carbocycles. The van der Waals surface area contributed by atoms with Crippen LogP contribution in [0.3, 0.4) is 0 Å². The predicted octanol–water partition coefficient (Wildman–Crippen LogP) is 5.66. The van der Waals surface area contributed by atoms with Crippen molar-refractivity contribution in [2.45, 2.75) is 32.9 Å². The molecule has 4 aromatic rings. The molecule has 0 aliphatic carbocycles. The monoisotopic (exact) mass is 433 g/mol. The smallest absolute Gasteiger partial charge is 0.291 e. The van der Waals surface area contributed by atoms with Gasteiger partial charge in [-0.2, -0.15) is 0 Å².